The lowest BCUT2D eigenvalue weighted by atomic mass is 10.3. The summed E-state index contributed by atoms with van der Waals surface area (Å²) in [5.74, 6) is -0.267. The third-order valence-electron chi connectivity index (χ3n) is 1.91. The van der Waals surface area contributed by atoms with Crippen molar-refractivity contribution in [1.82, 2.24) is 4.98 Å². The Morgan fingerprint density at radius 3 is 3.00 bits per heavy atom. The lowest BCUT2D eigenvalue weighted by Crippen LogP contribution is -2.27. The Kier molecular flexibility index (Phi) is 3.91. The Labute approximate surface area is 88.9 Å². The van der Waals surface area contributed by atoms with E-state index in [0.717, 1.165) is 5.69 Å². The third-order valence-corrected chi connectivity index (χ3v) is 1.91. The molecule has 0 aliphatic rings. The maximum absolute atomic E-state index is 11.2. The maximum Gasteiger partial charge on any atom is 0.325 e. The minimum Gasteiger partial charge on any atom is -0.465 e. The normalized spacial score (nSPS) is 9.73. The number of hydrogen-bond donors (Lipinski definition) is 1. The highest BCUT2D eigenvalue weighted by molar-refractivity contribution is 5.78. The Bertz CT molecular complexity index is 341. The van der Waals surface area contributed by atoms with Gasteiger partial charge in [0.1, 0.15) is 6.54 Å². The quantitative estimate of drug-likeness (QED) is 0.738. The number of carbonyl (C=O) groups excluding carboxylic acids is 1. The Hall–Kier alpha value is -1.78. The van der Waals surface area contributed by atoms with E-state index in [9.17, 15) is 4.79 Å². The molecule has 1 rings (SSSR count). The summed E-state index contributed by atoms with van der Waals surface area (Å²) >= 11 is 0. The van der Waals surface area contributed by atoms with Crippen molar-refractivity contribution in [2.24, 2.45) is 0 Å². The summed E-state index contributed by atoms with van der Waals surface area (Å²) in [4.78, 5) is 16.8. The summed E-state index contributed by atoms with van der Waals surface area (Å²) in [6.07, 6.45) is 3.18. The number of pyridine rings is 1. The first-order valence-electron chi connectivity index (χ1n) is 4.71. The second kappa shape index (κ2) is 5.19. The van der Waals surface area contributed by atoms with Gasteiger partial charge in [-0.15, -0.1) is 0 Å². The van der Waals surface area contributed by atoms with Crippen LogP contribution in [-0.4, -0.2) is 31.2 Å². The summed E-state index contributed by atoms with van der Waals surface area (Å²) in [7, 11) is 1.78. The summed E-state index contributed by atoms with van der Waals surface area (Å²) in [5.41, 5.74) is 7.04. The fraction of sp³-hybridized carbons (Fsp3) is 0.400. The number of likely N-dealkylation sites (N-methyl/N-ethyl adjacent to an activating group) is 1. The van der Waals surface area contributed by atoms with E-state index < -0.39 is 0 Å². The number of anilines is 2. The fourth-order valence-corrected chi connectivity index (χ4v) is 1.23. The molecule has 0 aliphatic heterocycles. The number of hydrogen-bond acceptors (Lipinski definition) is 5. The zero-order valence-corrected chi connectivity index (χ0v) is 8.93. The molecular formula is C10H15N3O2. The molecule has 0 fully saturated rings. The van der Waals surface area contributed by atoms with Gasteiger partial charge >= 0.3 is 5.97 Å². The van der Waals surface area contributed by atoms with Crippen molar-refractivity contribution >= 4 is 17.3 Å². The molecule has 15 heavy (non-hydrogen) atoms. The van der Waals surface area contributed by atoms with Crippen LogP contribution in [0.1, 0.15) is 6.92 Å². The molecule has 0 unspecified atom stereocenters. The molecule has 0 bridgehead atoms. The molecule has 5 heteroatoms. The highest BCUT2D eigenvalue weighted by Crippen LogP contribution is 2.19. The van der Waals surface area contributed by atoms with Crippen molar-refractivity contribution in [3.8, 4) is 0 Å². The average Bonchev–Trinajstić information content (AvgIpc) is 2.18. The second-order valence-corrected chi connectivity index (χ2v) is 3.10. The SMILES string of the molecule is CCOC(=O)CN(C)c1ccncc1N. The smallest absolute Gasteiger partial charge is 0.325 e. The zero-order valence-electron chi connectivity index (χ0n) is 8.93. The first-order chi connectivity index (χ1) is 7.15. The largest absolute Gasteiger partial charge is 0.465 e. The van der Waals surface area contributed by atoms with E-state index in [4.69, 9.17) is 10.5 Å². The Morgan fingerprint density at radius 1 is 1.67 bits per heavy atom. The van der Waals surface area contributed by atoms with Crippen molar-refractivity contribution in [2.45, 2.75) is 6.92 Å². The van der Waals surface area contributed by atoms with Gasteiger partial charge in [0, 0.05) is 13.2 Å². The minimum atomic E-state index is -0.267. The number of nitrogen functional groups attached to an aromatic ring is 1. The van der Waals surface area contributed by atoms with Gasteiger partial charge in [-0.1, -0.05) is 0 Å². The van der Waals surface area contributed by atoms with E-state index in [-0.39, 0.29) is 12.5 Å². The number of rotatable bonds is 4. The van der Waals surface area contributed by atoms with E-state index in [2.05, 4.69) is 4.98 Å². The van der Waals surface area contributed by atoms with Crippen LogP contribution in [0.5, 0.6) is 0 Å². The van der Waals surface area contributed by atoms with Crippen molar-refractivity contribution in [1.29, 1.82) is 0 Å². The number of esters is 1. The van der Waals surface area contributed by atoms with Crippen molar-refractivity contribution in [3.05, 3.63) is 18.5 Å². The zero-order chi connectivity index (χ0) is 11.3. The number of ether oxygens (including phenoxy) is 1. The van der Waals surface area contributed by atoms with Crippen LogP contribution >= 0.6 is 0 Å². The van der Waals surface area contributed by atoms with Crippen LogP contribution < -0.4 is 10.6 Å². The van der Waals surface area contributed by atoms with Gasteiger partial charge in [0.15, 0.2) is 0 Å². The predicted molar refractivity (Wildman–Crippen MR) is 58.6 cm³/mol. The average molecular weight is 209 g/mol. The highest BCUT2D eigenvalue weighted by atomic mass is 16.5. The van der Waals surface area contributed by atoms with Crippen LogP contribution in [0.15, 0.2) is 18.5 Å². The van der Waals surface area contributed by atoms with Crippen molar-refractivity contribution < 1.29 is 9.53 Å². The molecular weight excluding hydrogens is 194 g/mol. The van der Waals surface area contributed by atoms with Gasteiger partial charge in [0.2, 0.25) is 0 Å². The van der Waals surface area contributed by atoms with Crippen LogP contribution in [-0.2, 0) is 9.53 Å². The van der Waals surface area contributed by atoms with Crippen molar-refractivity contribution in [3.63, 3.8) is 0 Å². The van der Waals surface area contributed by atoms with E-state index in [1.165, 1.54) is 0 Å². The van der Waals surface area contributed by atoms with Gasteiger partial charge < -0.3 is 15.4 Å². The lowest BCUT2D eigenvalue weighted by molar-refractivity contribution is -0.141. The maximum atomic E-state index is 11.2. The number of nitrogens with two attached hydrogens (primary N) is 1. The minimum absolute atomic E-state index is 0.183. The highest BCUT2D eigenvalue weighted by Gasteiger charge is 2.09. The van der Waals surface area contributed by atoms with Crippen LogP contribution in [0.25, 0.3) is 0 Å². The van der Waals surface area contributed by atoms with Crippen molar-refractivity contribution in [2.75, 3.05) is 30.8 Å². The molecule has 82 valence electrons. The van der Waals surface area contributed by atoms with Gasteiger partial charge in [-0.3, -0.25) is 9.78 Å². The molecule has 1 heterocycles. The molecule has 0 radical (unpaired) electrons. The van der Waals surface area contributed by atoms with Crippen LogP contribution in [0.4, 0.5) is 11.4 Å². The predicted octanol–water partition coefficient (Wildman–Crippen LogP) is 0.663. The van der Waals surface area contributed by atoms with Gasteiger partial charge in [-0.05, 0) is 13.0 Å². The van der Waals surface area contributed by atoms with Gasteiger partial charge in [0.05, 0.1) is 24.2 Å². The summed E-state index contributed by atoms with van der Waals surface area (Å²) < 4.78 is 4.84. The molecule has 0 atom stereocenters. The molecule has 0 saturated heterocycles. The summed E-state index contributed by atoms with van der Waals surface area (Å²) in [6.45, 7) is 2.35. The molecule has 0 spiro atoms. The molecule has 1 aromatic rings. The summed E-state index contributed by atoms with van der Waals surface area (Å²) in [5, 5.41) is 0. The third kappa shape index (κ3) is 3.12. The van der Waals surface area contributed by atoms with Crippen LogP contribution in [0.3, 0.4) is 0 Å². The van der Waals surface area contributed by atoms with Gasteiger partial charge in [-0.2, -0.15) is 0 Å². The molecule has 5 nitrogen and oxygen atoms in total. The number of nitrogens with zero attached hydrogens (tertiary/aromatic N) is 2. The van der Waals surface area contributed by atoms with E-state index in [1.807, 2.05) is 0 Å². The molecule has 0 aromatic carbocycles. The number of carbonyl (C=O) groups is 1. The molecule has 2 N–H and O–H groups in total. The first-order valence-corrected chi connectivity index (χ1v) is 4.71. The number of aromatic nitrogens is 1. The molecule has 0 amide bonds. The van der Waals surface area contributed by atoms with Gasteiger partial charge in [-0.25, -0.2) is 0 Å². The monoisotopic (exact) mass is 209 g/mol. The second-order valence-electron chi connectivity index (χ2n) is 3.10. The van der Waals surface area contributed by atoms with Crippen LogP contribution in [0, 0.1) is 0 Å². The fourth-order valence-electron chi connectivity index (χ4n) is 1.23. The van der Waals surface area contributed by atoms with Crippen LogP contribution in [0.2, 0.25) is 0 Å². The molecule has 1 aromatic heterocycles. The summed E-state index contributed by atoms with van der Waals surface area (Å²) in [6, 6.07) is 1.76. The topological polar surface area (TPSA) is 68.5 Å². The van der Waals surface area contributed by atoms with E-state index in [1.54, 1.807) is 37.3 Å². The first kappa shape index (κ1) is 11.3. The molecule has 0 aliphatic carbocycles. The van der Waals surface area contributed by atoms with Gasteiger partial charge in [0.25, 0.3) is 0 Å². The molecule has 0 saturated carbocycles. The standard InChI is InChI=1S/C10H15N3O2/c1-3-15-10(14)7-13(2)9-4-5-12-6-8(9)11/h4-6H,3,7,11H2,1-2H3. The Balaban J connectivity index is 2.65. The lowest BCUT2D eigenvalue weighted by Gasteiger charge is -2.19. The Morgan fingerprint density at radius 2 is 2.40 bits per heavy atom. The van der Waals surface area contributed by atoms with E-state index in [0.29, 0.717) is 12.3 Å². The van der Waals surface area contributed by atoms with E-state index >= 15 is 0 Å².